The second-order valence-corrected chi connectivity index (χ2v) is 4.91. The van der Waals surface area contributed by atoms with E-state index in [0.29, 0.717) is 12.4 Å². The SMILES string of the molecule is NCCc1cccc(-c2nc(C(=O)NC3CC3)no2)c1. The molecule has 6 nitrogen and oxygen atoms in total. The smallest absolute Gasteiger partial charge is 0.292 e. The van der Waals surface area contributed by atoms with Crippen molar-refractivity contribution in [2.45, 2.75) is 25.3 Å². The zero-order valence-corrected chi connectivity index (χ0v) is 11.0. The summed E-state index contributed by atoms with van der Waals surface area (Å²) < 4.78 is 5.15. The number of benzene rings is 1. The number of nitrogens with zero attached hydrogens (tertiary/aromatic N) is 2. The van der Waals surface area contributed by atoms with Crippen LogP contribution in [0.2, 0.25) is 0 Å². The third-order valence-corrected chi connectivity index (χ3v) is 3.15. The highest BCUT2D eigenvalue weighted by Crippen LogP contribution is 2.21. The molecule has 1 aromatic heterocycles. The molecule has 0 saturated heterocycles. The average Bonchev–Trinajstić information content (AvgIpc) is 3.12. The molecule has 2 aromatic rings. The van der Waals surface area contributed by atoms with Crippen LogP contribution in [0.25, 0.3) is 11.5 Å². The molecule has 0 atom stereocenters. The molecule has 1 aliphatic rings. The lowest BCUT2D eigenvalue weighted by molar-refractivity contribution is 0.0937. The number of rotatable bonds is 5. The van der Waals surface area contributed by atoms with Crippen LogP contribution in [0, 0.1) is 0 Å². The molecule has 0 radical (unpaired) electrons. The number of carbonyl (C=O) groups is 1. The van der Waals surface area contributed by atoms with Gasteiger partial charge in [-0.1, -0.05) is 17.3 Å². The maximum absolute atomic E-state index is 11.8. The Morgan fingerprint density at radius 1 is 1.45 bits per heavy atom. The van der Waals surface area contributed by atoms with Gasteiger partial charge in [0, 0.05) is 11.6 Å². The van der Waals surface area contributed by atoms with Gasteiger partial charge in [0.15, 0.2) is 0 Å². The fourth-order valence-electron chi connectivity index (χ4n) is 1.94. The van der Waals surface area contributed by atoms with Crippen molar-refractivity contribution in [1.82, 2.24) is 15.5 Å². The zero-order valence-electron chi connectivity index (χ0n) is 11.0. The average molecular weight is 272 g/mol. The Morgan fingerprint density at radius 2 is 2.30 bits per heavy atom. The topological polar surface area (TPSA) is 94.0 Å². The van der Waals surface area contributed by atoms with Crippen LogP contribution in [0.1, 0.15) is 29.0 Å². The van der Waals surface area contributed by atoms with Gasteiger partial charge in [0.05, 0.1) is 0 Å². The first-order chi connectivity index (χ1) is 9.76. The number of hydrogen-bond donors (Lipinski definition) is 2. The predicted molar refractivity (Wildman–Crippen MR) is 73.0 cm³/mol. The van der Waals surface area contributed by atoms with E-state index in [2.05, 4.69) is 15.5 Å². The molecular formula is C14H16N4O2. The van der Waals surface area contributed by atoms with Crippen LogP contribution in [0.5, 0.6) is 0 Å². The van der Waals surface area contributed by atoms with Gasteiger partial charge in [-0.25, -0.2) is 0 Å². The van der Waals surface area contributed by atoms with Crippen LogP contribution in [0.3, 0.4) is 0 Å². The van der Waals surface area contributed by atoms with Crippen LogP contribution in [-0.4, -0.2) is 28.6 Å². The Bertz CT molecular complexity index is 619. The third kappa shape index (κ3) is 2.85. The van der Waals surface area contributed by atoms with Gasteiger partial charge >= 0.3 is 0 Å². The largest absolute Gasteiger partial charge is 0.346 e. The molecule has 0 spiro atoms. The third-order valence-electron chi connectivity index (χ3n) is 3.15. The molecule has 3 rings (SSSR count). The molecule has 0 unspecified atom stereocenters. The van der Waals surface area contributed by atoms with Gasteiger partial charge in [-0.05, 0) is 43.5 Å². The van der Waals surface area contributed by atoms with Crippen molar-refractivity contribution in [3.8, 4) is 11.5 Å². The first kappa shape index (κ1) is 12.8. The van der Waals surface area contributed by atoms with Crippen LogP contribution in [-0.2, 0) is 6.42 Å². The van der Waals surface area contributed by atoms with Crippen molar-refractivity contribution in [2.24, 2.45) is 5.73 Å². The Kier molecular flexibility index (Phi) is 3.47. The van der Waals surface area contributed by atoms with Gasteiger partial charge < -0.3 is 15.6 Å². The molecule has 104 valence electrons. The summed E-state index contributed by atoms with van der Waals surface area (Å²) in [6, 6.07) is 8.00. The second-order valence-electron chi connectivity index (χ2n) is 4.91. The van der Waals surface area contributed by atoms with E-state index in [0.717, 1.165) is 30.4 Å². The Labute approximate surface area is 116 Å². The van der Waals surface area contributed by atoms with Gasteiger partial charge in [0.25, 0.3) is 17.6 Å². The fraction of sp³-hybridized carbons (Fsp3) is 0.357. The number of amides is 1. The minimum Gasteiger partial charge on any atom is -0.346 e. The maximum atomic E-state index is 11.8. The quantitative estimate of drug-likeness (QED) is 0.851. The van der Waals surface area contributed by atoms with E-state index >= 15 is 0 Å². The van der Waals surface area contributed by atoms with E-state index in [1.54, 1.807) is 0 Å². The van der Waals surface area contributed by atoms with E-state index in [1.165, 1.54) is 0 Å². The zero-order chi connectivity index (χ0) is 13.9. The van der Waals surface area contributed by atoms with Crippen LogP contribution >= 0.6 is 0 Å². The standard InChI is InChI=1S/C14H16N4O2/c15-7-6-9-2-1-3-10(8-9)14-17-12(18-20-14)13(19)16-11-4-5-11/h1-3,8,11H,4-7,15H2,(H,16,19). The number of nitrogens with one attached hydrogen (secondary N) is 1. The first-order valence-corrected chi connectivity index (χ1v) is 6.70. The molecule has 6 heteroatoms. The van der Waals surface area contributed by atoms with Crippen LogP contribution in [0.15, 0.2) is 28.8 Å². The predicted octanol–water partition coefficient (Wildman–Crippen LogP) is 1.13. The number of hydrogen-bond acceptors (Lipinski definition) is 5. The van der Waals surface area contributed by atoms with Gasteiger partial charge in [-0.2, -0.15) is 4.98 Å². The van der Waals surface area contributed by atoms with Gasteiger partial charge in [0.2, 0.25) is 0 Å². The molecule has 0 bridgehead atoms. The summed E-state index contributed by atoms with van der Waals surface area (Å²) in [6.07, 6.45) is 2.84. The molecule has 1 heterocycles. The van der Waals surface area contributed by atoms with Gasteiger partial charge in [-0.15, -0.1) is 0 Å². The van der Waals surface area contributed by atoms with Crippen molar-refractivity contribution >= 4 is 5.91 Å². The molecule has 1 saturated carbocycles. The minimum absolute atomic E-state index is 0.0797. The van der Waals surface area contributed by atoms with Crippen molar-refractivity contribution in [2.75, 3.05) is 6.54 Å². The fourth-order valence-corrected chi connectivity index (χ4v) is 1.94. The van der Waals surface area contributed by atoms with E-state index in [-0.39, 0.29) is 17.8 Å². The lowest BCUT2D eigenvalue weighted by Gasteiger charge is -2.00. The van der Waals surface area contributed by atoms with E-state index < -0.39 is 0 Å². The van der Waals surface area contributed by atoms with Gasteiger partial charge in [-0.3, -0.25) is 4.79 Å². The summed E-state index contributed by atoms with van der Waals surface area (Å²) in [4.78, 5) is 15.9. The molecule has 1 fully saturated rings. The van der Waals surface area contributed by atoms with Crippen LogP contribution < -0.4 is 11.1 Å². The molecular weight excluding hydrogens is 256 g/mol. The van der Waals surface area contributed by atoms with Crippen molar-refractivity contribution in [3.05, 3.63) is 35.7 Å². The number of aromatic nitrogens is 2. The van der Waals surface area contributed by atoms with Crippen molar-refractivity contribution in [1.29, 1.82) is 0 Å². The molecule has 0 aliphatic heterocycles. The highest BCUT2D eigenvalue weighted by molar-refractivity contribution is 5.91. The van der Waals surface area contributed by atoms with Crippen molar-refractivity contribution < 1.29 is 9.32 Å². The number of carbonyl (C=O) groups excluding carboxylic acids is 1. The summed E-state index contributed by atoms with van der Waals surface area (Å²) in [5.41, 5.74) is 7.44. The molecule has 1 amide bonds. The van der Waals surface area contributed by atoms with Gasteiger partial charge in [0.1, 0.15) is 0 Å². The second kappa shape index (κ2) is 5.42. The van der Waals surface area contributed by atoms with Crippen molar-refractivity contribution in [3.63, 3.8) is 0 Å². The Balaban J connectivity index is 1.78. The van der Waals surface area contributed by atoms with E-state index in [1.807, 2.05) is 24.3 Å². The molecule has 1 aliphatic carbocycles. The Morgan fingerprint density at radius 3 is 3.05 bits per heavy atom. The summed E-state index contributed by atoms with van der Waals surface area (Å²) in [7, 11) is 0. The first-order valence-electron chi connectivity index (χ1n) is 6.70. The minimum atomic E-state index is -0.277. The Hall–Kier alpha value is -2.21. The van der Waals surface area contributed by atoms with E-state index in [4.69, 9.17) is 10.3 Å². The monoisotopic (exact) mass is 272 g/mol. The summed E-state index contributed by atoms with van der Waals surface area (Å²) in [5.74, 6) is 0.154. The summed E-state index contributed by atoms with van der Waals surface area (Å²) in [6.45, 7) is 0.586. The lowest BCUT2D eigenvalue weighted by atomic mass is 10.1. The normalized spacial score (nSPS) is 14.2. The van der Waals surface area contributed by atoms with E-state index in [9.17, 15) is 4.79 Å². The maximum Gasteiger partial charge on any atom is 0.292 e. The highest BCUT2D eigenvalue weighted by Gasteiger charge is 2.26. The molecule has 3 N–H and O–H groups in total. The number of nitrogens with two attached hydrogens (primary N) is 1. The molecule has 20 heavy (non-hydrogen) atoms. The molecule has 1 aromatic carbocycles. The van der Waals surface area contributed by atoms with Crippen LogP contribution in [0.4, 0.5) is 0 Å². The summed E-state index contributed by atoms with van der Waals surface area (Å²) >= 11 is 0. The summed E-state index contributed by atoms with van der Waals surface area (Å²) in [5, 5.41) is 6.55. The highest BCUT2D eigenvalue weighted by atomic mass is 16.5. The lowest BCUT2D eigenvalue weighted by Crippen LogP contribution is -2.26.